The maximum Gasteiger partial charge on any atom is 0.417 e. The average molecular weight is 457 g/mol. The van der Waals surface area contributed by atoms with E-state index in [1.165, 1.54) is 6.07 Å². The Bertz CT molecular complexity index is 988. The van der Waals surface area contributed by atoms with Crippen molar-refractivity contribution in [1.82, 2.24) is 4.31 Å². The topological polar surface area (TPSA) is 72.9 Å². The molecule has 0 saturated carbocycles. The molecule has 2 aromatic carbocycles. The highest BCUT2D eigenvalue weighted by atomic mass is 32.2. The number of hydrogen-bond donors (Lipinski definition) is 0. The van der Waals surface area contributed by atoms with Crippen LogP contribution in [0.4, 0.5) is 13.2 Å². The summed E-state index contributed by atoms with van der Waals surface area (Å²) in [6.45, 7) is 0.103. The van der Waals surface area contributed by atoms with Crippen LogP contribution in [0.2, 0.25) is 0 Å². The first kappa shape index (κ1) is 23.1. The van der Waals surface area contributed by atoms with Crippen molar-refractivity contribution >= 4 is 16.0 Å². The number of para-hydroxylation sites is 1. The average Bonchev–Trinajstić information content (AvgIpc) is 2.77. The van der Waals surface area contributed by atoms with Crippen molar-refractivity contribution in [3.05, 3.63) is 60.2 Å². The first-order valence-electron chi connectivity index (χ1n) is 9.70. The molecule has 0 N–H and O–H groups in total. The monoisotopic (exact) mass is 457 g/mol. The minimum atomic E-state index is -4.78. The molecule has 1 saturated heterocycles. The number of hydrogen-bond acceptors (Lipinski definition) is 5. The third kappa shape index (κ3) is 5.76. The number of carbonyl (C=O) groups excluding carboxylic acids is 1. The van der Waals surface area contributed by atoms with Crippen LogP contribution in [0.3, 0.4) is 0 Å². The van der Waals surface area contributed by atoms with Crippen molar-refractivity contribution < 1.29 is 35.9 Å². The summed E-state index contributed by atoms with van der Waals surface area (Å²) in [4.78, 5) is 11.5. The van der Waals surface area contributed by atoms with Gasteiger partial charge in [-0.1, -0.05) is 30.3 Å². The molecule has 2 aromatic rings. The molecule has 1 aliphatic heterocycles. The Balaban J connectivity index is 1.52. The molecule has 0 aromatic heterocycles. The lowest BCUT2D eigenvalue weighted by atomic mass is 9.98. The summed E-state index contributed by atoms with van der Waals surface area (Å²) in [7, 11) is -4.34. The SMILES string of the molecule is O=C(OCCOc1ccccc1)C1CCN(S(=O)(=O)c2ccccc2C(F)(F)F)CC1. The number of piperidine rings is 1. The molecule has 0 unspecified atom stereocenters. The normalized spacial score (nSPS) is 16.1. The van der Waals surface area contributed by atoms with Crippen LogP contribution in [0.25, 0.3) is 0 Å². The van der Waals surface area contributed by atoms with Gasteiger partial charge < -0.3 is 9.47 Å². The fraction of sp³-hybridized carbons (Fsp3) is 0.381. The predicted molar refractivity (Wildman–Crippen MR) is 106 cm³/mol. The van der Waals surface area contributed by atoms with E-state index in [2.05, 4.69) is 0 Å². The number of alkyl halides is 3. The molecule has 168 valence electrons. The van der Waals surface area contributed by atoms with E-state index in [1.807, 2.05) is 18.2 Å². The number of esters is 1. The van der Waals surface area contributed by atoms with Crippen molar-refractivity contribution in [3.8, 4) is 5.75 Å². The summed E-state index contributed by atoms with van der Waals surface area (Å²) in [5.41, 5.74) is -1.20. The Kier molecular flexibility index (Phi) is 7.22. The first-order chi connectivity index (χ1) is 14.7. The molecule has 0 amide bonds. The Hall–Kier alpha value is -2.59. The van der Waals surface area contributed by atoms with Gasteiger partial charge in [0.25, 0.3) is 0 Å². The number of nitrogens with zero attached hydrogens (tertiary/aromatic N) is 1. The zero-order valence-corrected chi connectivity index (χ0v) is 17.4. The van der Waals surface area contributed by atoms with E-state index >= 15 is 0 Å². The molecule has 31 heavy (non-hydrogen) atoms. The molecule has 10 heteroatoms. The summed E-state index contributed by atoms with van der Waals surface area (Å²) in [5, 5.41) is 0. The van der Waals surface area contributed by atoms with Crippen molar-refractivity contribution in [1.29, 1.82) is 0 Å². The van der Waals surface area contributed by atoms with Gasteiger partial charge in [-0.2, -0.15) is 17.5 Å². The van der Waals surface area contributed by atoms with Gasteiger partial charge in [0.1, 0.15) is 19.0 Å². The van der Waals surface area contributed by atoms with Gasteiger partial charge >= 0.3 is 12.1 Å². The molecule has 0 radical (unpaired) electrons. The fourth-order valence-corrected chi connectivity index (χ4v) is 5.01. The minimum Gasteiger partial charge on any atom is -0.490 e. The lowest BCUT2D eigenvalue weighted by Gasteiger charge is -2.30. The van der Waals surface area contributed by atoms with Gasteiger partial charge in [0.05, 0.1) is 16.4 Å². The molecule has 1 aliphatic rings. The third-order valence-corrected chi connectivity index (χ3v) is 6.89. The Morgan fingerprint density at radius 1 is 0.968 bits per heavy atom. The molecule has 0 bridgehead atoms. The van der Waals surface area contributed by atoms with Crippen LogP contribution in [-0.2, 0) is 25.7 Å². The lowest BCUT2D eigenvalue weighted by molar-refractivity contribution is -0.150. The van der Waals surface area contributed by atoms with Crippen LogP contribution in [-0.4, -0.2) is 45.0 Å². The third-order valence-electron chi connectivity index (χ3n) is 4.94. The summed E-state index contributed by atoms with van der Waals surface area (Å²) < 4.78 is 76.8. The minimum absolute atomic E-state index is 0.0468. The van der Waals surface area contributed by atoms with Crippen molar-refractivity contribution in [2.75, 3.05) is 26.3 Å². The standard InChI is InChI=1S/C21H22F3NO5S/c22-21(23,24)18-8-4-5-9-19(18)31(27,28)25-12-10-16(11-13-25)20(26)30-15-14-29-17-6-2-1-3-7-17/h1-9,16H,10-15H2. The Morgan fingerprint density at radius 2 is 1.58 bits per heavy atom. The summed E-state index contributed by atoms with van der Waals surface area (Å²) in [5.74, 6) is -0.332. The number of halogens is 3. The van der Waals surface area contributed by atoms with Crippen molar-refractivity contribution in [2.24, 2.45) is 5.92 Å². The van der Waals surface area contributed by atoms with Gasteiger partial charge in [0.15, 0.2) is 0 Å². The van der Waals surface area contributed by atoms with Gasteiger partial charge in [-0.3, -0.25) is 4.79 Å². The van der Waals surface area contributed by atoms with Crippen LogP contribution >= 0.6 is 0 Å². The fourth-order valence-electron chi connectivity index (χ4n) is 3.33. The van der Waals surface area contributed by atoms with Gasteiger partial charge in [-0.05, 0) is 37.1 Å². The van der Waals surface area contributed by atoms with E-state index in [0.717, 1.165) is 22.5 Å². The number of carbonyl (C=O) groups is 1. The smallest absolute Gasteiger partial charge is 0.417 e. The highest BCUT2D eigenvalue weighted by Gasteiger charge is 2.40. The van der Waals surface area contributed by atoms with Crippen molar-refractivity contribution in [3.63, 3.8) is 0 Å². The molecular formula is C21H22F3NO5S. The molecular weight excluding hydrogens is 435 g/mol. The van der Waals surface area contributed by atoms with E-state index < -0.39 is 38.5 Å². The van der Waals surface area contributed by atoms with Crippen LogP contribution in [0, 0.1) is 5.92 Å². The zero-order valence-electron chi connectivity index (χ0n) is 16.5. The largest absolute Gasteiger partial charge is 0.490 e. The van der Waals surface area contributed by atoms with E-state index in [1.54, 1.807) is 12.1 Å². The van der Waals surface area contributed by atoms with E-state index in [4.69, 9.17) is 9.47 Å². The van der Waals surface area contributed by atoms with E-state index in [0.29, 0.717) is 5.75 Å². The highest BCUT2D eigenvalue weighted by Crippen LogP contribution is 2.36. The van der Waals surface area contributed by atoms with Gasteiger partial charge in [0, 0.05) is 13.1 Å². The second-order valence-electron chi connectivity index (χ2n) is 7.00. The Morgan fingerprint density at radius 3 is 2.23 bits per heavy atom. The second kappa shape index (κ2) is 9.69. The van der Waals surface area contributed by atoms with E-state index in [9.17, 15) is 26.4 Å². The lowest BCUT2D eigenvalue weighted by Crippen LogP contribution is -2.41. The number of ether oxygens (including phenoxy) is 2. The molecule has 3 rings (SSSR count). The molecule has 6 nitrogen and oxygen atoms in total. The number of rotatable bonds is 7. The molecule has 0 spiro atoms. The quantitative estimate of drug-likeness (QED) is 0.468. The summed E-state index contributed by atoms with van der Waals surface area (Å²) in [6, 6.07) is 13.1. The maximum atomic E-state index is 13.2. The molecule has 0 aliphatic carbocycles. The highest BCUT2D eigenvalue weighted by molar-refractivity contribution is 7.89. The first-order valence-corrected chi connectivity index (χ1v) is 11.1. The zero-order chi connectivity index (χ0) is 22.5. The maximum absolute atomic E-state index is 13.2. The number of benzene rings is 2. The summed E-state index contributed by atoms with van der Waals surface area (Å²) in [6.07, 6.45) is -4.44. The van der Waals surface area contributed by atoms with Crippen molar-refractivity contribution in [2.45, 2.75) is 23.9 Å². The second-order valence-corrected chi connectivity index (χ2v) is 8.91. The van der Waals surface area contributed by atoms with Crippen LogP contribution < -0.4 is 4.74 Å². The molecule has 1 fully saturated rings. The van der Waals surface area contributed by atoms with Gasteiger partial charge in [0.2, 0.25) is 10.0 Å². The molecule has 1 heterocycles. The Labute approximate surface area is 178 Å². The van der Waals surface area contributed by atoms with Crippen LogP contribution in [0.15, 0.2) is 59.5 Å². The van der Waals surface area contributed by atoms with Gasteiger partial charge in [-0.15, -0.1) is 0 Å². The summed E-state index contributed by atoms with van der Waals surface area (Å²) >= 11 is 0. The van der Waals surface area contributed by atoms with Gasteiger partial charge in [-0.25, -0.2) is 8.42 Å². The predicted octanol–water partition coefficient (Wildman–Crippen LogP) is 3.73. The van der Waals surface area contributed by atoms with Crippen LogP contribution in [0.5, 0.6) is 5.75 Å². The van der Waals surface area contributed by atoms with Crippen LogP contribution in [0.1, 0.15) is 18.4 Å². The molecule has 0 atom stereocenters. The van der Waals surface area contributed by atoms with E-state index in [-0.39, 0.29) is 39.1 Å². The number of sulfonamides is 1.